The zero-order chi connectivity index (χ0) is 14.7. The van der Waals surface area contributed by atoms with Gasteiger partial charge in [0.2, 0.25) is 0 Å². The van der Waals surface area contributed by atoms with Crippen molar-refractivity contribution >= 4 is 10.8 Å². The highest BCUT2D eigenvalue weighted by molar-refractivity contribution is 5.83. The molecule has 0 aromatic heterocycles. The predicted molar refractivity (Wildman–Crippen MR) is 87.8 cm³/mol. The lowest BCUT2D eigenvalue weighted by Gasteiger charge is -2.18. The Balaban J connectivity index is 2.04. The van der Waals surface area contributed by atoms with E-state index in [-0.39, 0.29) is 6.04 Å². The molecule has 1 unspecified atom stereocenters. The van der Waals surface area contributed by atoms with Crippen molar-refractivity contribution in [3.63, 3.8) is 0 Å². The molecule has 0 spiro atoms. The molecule has 2 heteroatoms. The second-order valence-corrected chi connectivity index (χ2v) is 5.10. The summed E-state index contributed by atoms with van der Waals surface area (Å²) in [6, 6.07) is 23.4. The quantitative estimate of drug-likeness (QED) is 0.773. The fraction of sp³-hybridized carbons (Fsp3) is 0.158. The van der Waals surface area contributed by atoms with Crippen molar-refractivity contribution in [2.24, 2.45) is 0 Å². The number of benzene rings is 3. The highest BCUT2D eigenvalue weighted by Gasteiger charge is 2.13. The van der Waals surface area contributed by atoms with E-state index < -0.39 is 0 Å². The molecule has 0 heterocycles. The van der Waals surface area contributed by atoms with Crippen molar-refractivity contribution in [1.82, 2.24) is 5.32 Å². The lowest BCUT2D eigenvalue weighted by molar-refractivity contribution is 0.414. The third-order valence-electron chi connectivity index (χ3n) is 3.82. The van der Waals surface area contributed by atoms with Gasteiger partial charge in [0.05, 0.1) is 13.2 Å². The Bertz CT molecular complexity index is 751. The lowest BCUT2D eigenvalue weighted by Crippen LogP contribution is -2.17. The van der Waals surface area contributed by atoms with Crippen LogP contribution in [0.5, 0.6) is 5.75 Å². The van der Waals surface area contributed by atoms with Gasteiger partial charge in [-0.3, -0.25) is 0 Å². The van der Waals surface area contributed by atoms with Crippen molar-refractivity contribution in [2.45, 2.75) is 6.04 Å². The molecule has 3 aromatic carbocycles. The zero-order valence-corrected chi connectivity index (χ0v) is 12.3. The van der Waals surface area contributed by atoms with Crippen LogP contribution in [-0.2, 0) is 0 Å². The summed E-state index contributed by atoms with van der Waals surface area (Å²) in [6.07, 6.45) is 0. The van der Waals surface area contributed by atoms with Gasteiger partial charge in [0.15, 0.2) is 0 Å². The molecule has 0 aliphatic heterocycles. The van der Waals surface area contributed by atoms with Crippen LogP contribution in [0.2, 0.25) is 0 Å². The molecule has 3 aromatic rings. The number of hydrogen-bond acceptors (Lipinski definition) is 2. The Kier molecular flexibility index (Phi) is 3.89. The fourth-order valence-corrected chi connectivity index (χ4v) is 2.73. The van der Waals surface area contributed by atoms with Gasteiger partial charge in [0.1, 0.15) is 5.75 Å². The Hall–Kier alpha value is -2.32. The van der Waals surface area contributed by atoms with Gasteiger partial charge < -0.3 is 10.1 Å². The van der Waals surface area contributed by atoms with Crippen LogP contribution in [-0.4, -0.2) is 14.2 Å². The molecule has 0 aliphatic carbocycles. The molecule has 3 rings (SSSR count). The standard InChI is InChI=1S/C19H19NO/c1-20-19(16-8-5-9-18(13-16)21-2)17-11-10-14-6-3-4-7-15(14)12-17/h3-13,19-20H,1-2H3. The monoisotopic (exact) mass is 277 g/mol. The van der Waals surface area contributed by atoms with Crippen molar-refractivity contribution in [3.05, 3.63) is 77.9 Å². The summed E-state index contributed by atoms with van der Waals surface area (Å²) in [6.45, 7) is 0. The molecule has 0 radical (unpaired) electrons. The van der Waals surface area contributed by atoms with E-state index >= 15 is 0 Å². The van der Waals surface area contributed by atoms with Gasteiger partial charge >= 0.3 is 0 Å². The molecule has 2 nitrogen and oxygen atoms in total. The van der Waals surface area contributed by atoms with Crippen LogP contribution >= 0.6 is 0 Å². The smallest absolute Gasteiger partial charge is 0.119 e. The summed E-state index contributed by atoms with van der Waals surface area (Å²) in [4.78, 5) is 0. The van der Waals surface area contributed by atoms with E-state index in [9.17, 15) is 0 Å². The van der Waals surface area contributed by atoms with Gasteiger partial charge in [0, 0.05) is 0 Å². The molecule has 106 valence electrons. The normalized spacial score (nSPS) is 12.3. The van der Waals surface area contributed by atoms with Crippen LogP contribution in [0.25, 0.3) is 10.8 Å². The van der Waals surface area contributed by atoms with Crippen LogP contribution < -0.4 is 10.1 Å². The molecule has 0 saturated heterocycles. The Morgan fingerprint density at radius 1 is 0.810 bits per heavy atom. The summed E-state index contributed by atoms with van der Waals surface area (Å²) in [7, 11) is 3.68. The molecule has 1 N–H and O–H groups in total. The maximum Gasteiger partial charge on any atom is 0.119 e. The maximum atomic E-state index is 5.33. The summed E-state index contributed by atoms with van der Waals surface area (Å²) >= 11 is 0. The first kappa shape index (κ1) is 13.7. The zero-order valence-electron chi connectivity index (χ0n) is 12.3. The molecule has 0 aliphatic rings. The molecular weight excluding hydrogens is 258 g/mol. The second kappa shape index (κ2) is 5.98. The summed E-state index contributed by atoms with van der Waals surface area (Å²) in [5.74, 6) is 0.883. The summed E-state index contributed by atoms with van der Waals surface area (Å²) in [5.41, 5.74) is 2.46. The number of hydrogen-bond donors (Lipinski definition) is 1. The fourth-order valence-electron chi connectivity index (χ4n) is 2.73. The van der Waals surface area contributed by atoms with Crippen molar-refractivity contribution < 1.29 is 4.74 Å². The van der Waals surface area contributed by atoms with Gasteiger partial charge in [-0.15, -0.1) is 0 Å². The van der Waals surface area contributed by atoms with E-state index in [1.165, 1.54) is 21.9 Å². The molecule has 21 heavy (non-hydrogen) atoms. The summed E-state index contributed by atoms with van der Waals surface area (Å²) in [5, 5.41) is 5.92. The minimum atomic E-state index is 0.157. The molecule has 0 bridgehead atoms. The summed E-state index contributed by atoms with van der Waals surface area (Å²) < 4.78 is 5.33. The highest BCUT2D eigenvalue weighted by Crippen LogP contribution is 2.27. The first-order valence-electron chi connectivity index (χ1n) is 7.12. The van der Waals surface area contributed by atoms with Crippen LogP contribution in [0, 0.1) is 0 Å². The lowest BCUT2D eigenvalue weighted by atomic mass is 9.96. The first-order chi connectivity index (χ1) is 10.3. The van der Waals surface area contributed by atoms with Crippen LogP contribution in [0.15, 0.2) is 66.7 Å². The topological polar surface area (TPSA) is 21.3 Å². The molecular formula is C19H19NO. The Morgan fingerprint density at radius 3 is 2.33 bits per heavy atom. The van der Waals surface area contributed by atoms with E-state index in [0.717, 1.165) is 5.75 Å². The number of fused-ring (bicyclic) bond motifs is 1. The SMILES string of the molecule is CNC(c1cccc(OC)c1)c1ccc2ccccc2c1. The van der Waals surface area contributed by atoms with Crippen molar-refractivity contribution in [3.8, 4) is 5.75 Å². The number of methoxy groups -OCH3 is 1. The Morgan fingerprint density at radius 2 is 1.57 bits per heavy atom. The number of nitrogens with one attached hydrogen (secondary N) is 1. The highest BCUT2D eigenvalue weighted by atomic mass is 16.5. The van der Waals surface area contributed by atoms with E-state index in [1.54, 1.807) is 7.11 Å². The van der Waals surface area contributed by atoms with Crippen LogP contribution in [0.4, 0.5) is 0 Å². The van der Waals surface area contributed by atoms with Crippen LogP contribution in [0.1, 0.15) is 17.2 Å². The maximum absolute atomic E-state index is 5.33. The number of ether oxygens (including phenoxy) is 1. The number of rotatable bonds is 4. The molecule has 1 atom stereocenters. The van der Waals surface area contributed by atoms with Gasteiger partial charge in [0.25, 0.3) is 0 Å². The van der Waals surface area contributed by atoms with Gasteiger partial charge in [-0.2, -0.15) is 0 Å². The van der Waals surface area contributed by atoms with Gasteiger partial charge in [-0.05, 0) is 47.1 Å². The van der Waals surface area contributed by atoms with E-state index in [4.69, 9.17) is 4.74 Å². The predicted octanol–water partition coefficient (Wildman–Crippen LogP) is 4.16. The van der Waals surface area contributed by atoms with Crippen LogP contribution in [0.3, 0.4) is 0 Å². The van der Waals surface area contributed by atoms with E-state index in [2.05, 4.69) is 59.9 Å². The van der Waals surface area contributed by atoms with Gasteiger partial charge in [-0.25, -0.2) is 0 Å². The largest absolute Gasteiger partial charge is 0.497 e. The minimum absolute atomic E-state index is 0.157. The van der Waals surface area contributed by atoms with Crippen molar-refractivity contribution in [1.29, 1.82) is 0 Å². The average molecular weight is 277 g/mol. The molecule has 0 amide bonds. The molecule has 0 saturated carbocycles. The average Bonchev–Trinajstić information content (AvgIpc) is 2.56. The van der Waals surface area contributed by atoms with E-state index in [1.807, 2.05) is 19.2 Å². The minimum Gasteiger partial charge on any atom is -0.497 e. The van der Waals surface area contributed by atoms with Gasteiger partial charge in [-0.1, -0.05) is 48.5 Å². The molecule has 0 fully saturated rings. The Labute approximate surface area is 125 Å². The van der Waals surface area contributed by atoms with E-state index in [0.29, 0.717) is 0 Å². The first-order valence-corrected chi connectivity index (χ1v) is 7.12. The van der Waals surface area contributed by atoms with Crippen molar-refractivity contribution in [2.75, 3.05) is 14.2 Å². The third-order valence-corrected chi connectivity index (χ3v) is 3.82. The second-order valence-electron chi connectivity index (χ2n) is 5.10. The third kappa shape index (κ3) is 2.76.